The molecule has 0 aliphatic carbocycles. The van der Waals surface area contributed by atoms with Crippen molar-refractivity contribution in [3.05, 3.63) is 119 Å². The lowest BCUT2D eigenvalue weighted by Gasteiger charge is -2.37. The van der Waals surface area contributed by atoms with Crippen LogP contribution in [0, 0.1) is 0 Å². The molecule has 0 spiro atoms. The highest BCUT2D eigenvalue weighted by molar-refractivity contribution is 5.70. The van der Waals surface area contributed by atoms with E-state index in [1.807, 2.05) is 97.1 Å². The molecule has 8 rings (SSSR count). The molecule has 0 aliphatic rings. The van der Waals surface area contributed by atoms with Gasteiger partial charge in [0.2, 0.25) is 71.4 Å². The first-order chi connectivity index (χ1) is 40.9. The van der Waals surface area contributed by atoms with Crippen LogP contribution >= 0.6 is 0 Å². The Labute approximate surface area is 485 Å². The lowest BCUT2D eigenvalue weighted by atomic mass is 9.65. The molecule has 32 nitrogen and oxygen atoms in total. The summed E-state index contributed by atoms with van der Waals surface area (Å²) in [5.74, 6) is -0.650. The molecule has 0 bridgehead atoms. The fourth-order valence-corrected chi connectivity index (χ4v) is 8.27. The summed E-state index contributed by atoms with van der Waals surface area (Å²) in [5, 5.41) is 24.8. The molecule has 0 aliphatic heterocycles. The van der Waals surface area contributed by atoms with Crippen LogP contribution in [0.5, 0.6) is 0 Å². The van der Waals surface area contributed by atoms with E-state index >= 15 is 0 Å². The third-order valence-electron chi connectivity index (χ3n) is 11.7. The number of nitrogens with one attached hydrogen (secondary N) is 8. The second-order valence-electron chi connectivity index (χ2n) is 18.0. The number of ether oxygens (including phenoxy) is 4. The third-order valence-corrected chi connectivity index (χ3v) is 11.7. The Balaban J connectivity index is 1.19. The zero-order valence-corrected chi connectivity index (χ0v) is 46.3. The molecule has 0 fully saturated rings. The van der Waals surface area contributed by atoms with Gasteiger partial charge in [-0.2, -0.15) is 59.8 Å². The van der Waals surface area contributed by atoms with Crippen molar-refractivity contribution >= 4 is 118 Å². The lowest BCUT2D eigenvalue weighted by Crippen LogP contribution is -2.31. The Morgan fingerprint density at radius 1 is 0.318 bits per heavy atom. The van der Waals surface area contributed by atoms with Gasteiger partial charge in [0, 0.05) is 50.4 Å². The van der Waals surface area contributed by atoms with Gasteiger partial charge in [-0.25, -0.2) is 0 Å². The summed E-state index contributed by atoms with van der Waals surface area (Å²) < 4.78 is 20.1. The van der Waals surface area contributed by atoms with Gasteiger partial charge in [-0.05, 0) is 70.8 Å². The van der Waals surface area contributed by atoms with Crippen molar-refractivity contribution in [2.75, 3.05) is 118 Å². The Morgan fingerprint density at radius 2 is 0.506 bits per heavy atom. The zero-order valence-electron chi connectivity index (χ0n) is 46.3. The fraction of sp³-hybridized carbons (Fsp3) is 0.245. The Morgan fingerprint density at radius 3 is 0.694 bits per heavy atom. The predicted octanol–water partition coefficient (Wildman–Crippen LogP) is 4.01. The summed E-state index contributed by atoms with van der Waals surface area (Å²) in [6.45, 7) is 6.51. The first kappa shape index (κ1) is 59.5. The van der Waals surface area contributed by atoms with Crippen molar-refractivity contribution in [2.45, 2.75) is 33.1 Å². The highest BCUT2D eigenvalue weighted by Gasteiger charge is 2.39. The van der Waals surface area contributed by atoms with Crippen molar-refractivity contribution < 1.29 is 38.1 Å². The van der Waals surface area contributed by atoms with Crippen molar-refractivity contribution in [1.82, 2.24) is 59.8 Å². The number of hydrogen-bond donors (Lipinski definition) is 12. The van der Waals surface area contributed by atoms with E-state index < -0.39 is 29.3 Å². The van der Waals surface area contributed by atoms with Crippen molar-refractivity contribution in [2.24, 2.45) is 0 Å². The number of esters is 4. The molecule has 0 saturated carbocycles. The van der Waals surface area contributed by atoms with Crippen molar-refractivity contribution in [3.8, 4) is 0 Å². The van der Waals surface area contributed by atoms with Gasteiger partial charge in [-0.15, -0.1) is 0 Å². The maximum Gasteiger partial charge on any atom is 0.302 e. The molecule has 0 atom stereocenters. The summed E-state index contributed by atoms with van der Waals surface area (Å²) >= 11 is 0. The van der Waals surface area contributed by atoms with Crippen LogP contribution in [0.25, 0.3) is 0 Å². The molecule has 0 amide bonds. The van der Waals surface area contributed by atoms with Crippen molar-refractivity contribution in [1.29, 1.82) is 0 Å². The minimum absolute atomic E-state index is 0.0520. The van der Waals surface area contributed by atoms with E-state index in [1.165, 1.54) is 27.7 Å². The molecule has 0 saturated heterocycles. The minimum atomic E-state index is -1.13. The molecule has 8 aromatic rings. The molecule has 85 heavy (non-hydrogen) atoms. The fourth-order valence-electron chi connectivity index (χ4n) is 8.27. The van der Waals surface area contributed by atoms with Crippen LogP contribution < -0.4 is 65.5 Å². The average Bonchev–Trinajstić information content (AvgIpc) is 1.16. The number of nitrogen functional groups attached to an aromatic ring is 4. The molecule has 0 unspecified atom stereocenters. The van der Waals surface area contributed by atoms with E-state index in [9.17, 15) is 19.2 Å². The second kappa shape index (κ2) is 28.2. The number of nitrogens with two attached hydrogens (primary N) is 4. The standard InChI is InChI=1S/C53H60N24O8/c1-29(78)82-25-21-58-45-66-41(54)70-49(74-45)62-37-13-5-33(6-14-37)53(34-7-15-38(16-8-34)63-50-71-42(55)67-46(75-50)59-22-26-83-30(2)79,35-9-17-39(18-10-35)64-51-72-43(56)68-47(76-51)60-23-27-84-31(3)80)36-11-19-40(20-12-36)65-52-73-44(57)69-48(77-52)61-24-28-85-32(4)81/h5-20H,21-28H2,1-4H3,(H4,54,58,62,66,70,74)(H4,55,59,63,67,71,75)(H4,56,60,64,68,72,76)(H4,57,61,65,69,73,77). The minimum Gasteiger partial charge on any atom is -0.464 e. The molecule has 4 heterocycles. The molecule has 16 N–H and O–H groups in total. The summed E-state index contributed by atoms with van der Waals surface area (Å²) in [4.78, 5) is 97.0. The maximum atomic E-state index is 11.3. The van der Waals surface area contributed by atoms with E-state index in [2.05, 4.69) is 102 Å². The van der Waals surface area contributed by atoms with E-state index in [0.717, 1.165) is 22.3 Å². The summed E-state index contributed by atoms with van der Waals surface area (Å²) in [6.07, 6.45) is 0. The Bertz CT molecular complexity index is 3130. The lowest BCUT2D eigenvalue weighted by molar-refractivity contribution is -0.141. The average molecular weight is 1160 g/mol. The van der Waals surface area contributed by atoms with Gasteiger partial charge in [-0.1, -0.05) is 48.5 Å². The number of carbonyl (C=O) groups excluding carboxylic acids is 4. The van der Waals surface area contributed by atoms with Crippen molar-refractivity contribution in [3.63, 3.8) is 0 Å². The second-order valence-corrected chi connectivity index (χ2v) is 18.0. The molecule has 32 heteroatoms. The number of carbonyl (C=O) groups is 4. The first-order valence-corrected chi connectivity index (χ1v) is 26.0. The van der Waals surface area contributed by atoms with Gasteiger partial charge < -0.3 is 84.4 Å². The quantitative estimate of drug-likeness (QED) is 0.0143. The van der Waals surface area contributed by atoms with Crippen LogP contribution in [0.4, 0.5) is 94.1 Å². The van der Waals surface area contributed by atoms with Gasteiger partial charge in [0.05, 0.1) is 31.6 Å². The van der Waals surface area contributed by atoms with E-state index in [-0.39, 0.29) is 124 Å². The van der Waals surface area contributed by atoms with Crippen LogP contribution in [0.2, 0.25) is 0 Å². The Hall–Kier alpha value is -11.6. The highest BCUT2D eigenvalue weighted by Crippen LogP contribution is 2.46. The molecule has 4 aromatic carbocycles. The van der Waals surface area contributed by atoms with Gasteiger partial charge >= 0.3 is 23.9 Å². The van der Waals surface area contributed by atoms with Crippen LogP contribution in [-0.2, 0) is 43.5 Å². The molecule has 0 radical (unpaired) electrons. The topological polar surface area (TPSA) is 460 Å². The predicted molar refractivity (Wildman–Crippen MR) is 315 cm³/mol. The number of aromatic nitrogens is 12. The third kappa shape index (κ3) is 17.2. The highest BCUT2D eigenvalue weighted by atomic mass is 16.5. The molecule has 4 aromatic heterocycles. The van der Waals surface area contributed by atoms with Crippen LogP contribution in [0.3, 0.4) is 0 Å². The van der Waals surface area contributed by atoms with Gasteiger partial charge in [0.25, 0.3) is 0 Å². The van der Waals surface area contributed by atoms with Gasteiger partial charge in [-0.3, -0.25) is 19.2 Å². The molecular formula is C53H60N24O8. The van der Waals surface area contributed by atoms with E-state index in [0.29, 0.717) is 22.7 Å². The maximum absolute atomic E-state index is 11.3. The van der Waals surface area contributed by atoms with Crippen LogP contribution in [0.15, 0.2) is 97.1 Å². The summed E-state index contributed by atoms with van der Waals surface area (Å²) in [7, 11) is 0. The smallest absolute Gasteiger partial charge is 0.302 e. The number of hydrogen-bond acceptors (Lipinski definition) is 32. The Kier molecular flexibility index (Phi) is 19.7. The zero-order chi connectivity index (χ0) is 60.3. The normalized spacial score (nSPS) is 10.9. The largest absolute Gasteiger partial charge is 0.464 e. The SMILES string of the molecule is CC(=O)OCCNc1nc(N)nc(Nc2ccc(C(c3ccc(Nc4nc(N)nc(NCCOC(C)=O)n4)cc3)(c3ccc(Nc4nc(N)nc(NCCOC(C)=O)n4)cc3)c3ccc(Nc4nc(N)nc(NCCOC(C)=O)n4)cc3)cc2)n1. The first-order valence-electron chi connectivity index (χ1n) is 26.0. The van der Waals surface area contributed by atoms with Crippen LogP contribution in [0.1, 0.15) is 49.9 Å². The number of rotatable bonds is 28. The molecule has 440 valence electrons. The van der Waals surface area contributed by atoms with Crippen LogP contribution in [-0.4, -0.2) is 136 Å². The number of nitrogens with zero attached hydrogens (tertiary/aromatic N) is 12. The summed E-state index contributed by atoms with van der Waals surface area (Å²) in [6, 6.07) is 30.7. The van der Waals surface area contributed by atoms with Gasteiger partial charge in [0.15, 0.2) is 0 Å². The molecular weight excluding hydrogens is 1100 g/mol. The van der Waals surface area contributed by atoms with E-state index in [1.54, 1.807) is 0 Å². The summed E-state index contributed by atoms with van der Waals surface area (Å²) in [5.41, 5.74) is 28.8. The number of benzene rings is 4. The van der Waals surface area contributed by atoms with E-state index in [4.69, 9.17) is 41.9 Å². The number of anilines is 16. The van der Waals surface area contributed by atoms with Gasteiger partial charge in [0.1, 0.15) is 26.4 Å². The monoisotopic (exact) mass is 1160 g/mol.